The van der Waals surface area contributed by atoms with Gasteiger partial charge in [-0.05, 0) is 49.1 Å². The lowest BCUT2D eigenvalue weighted by atomic mass is 9.77. The number of allylic oxidation sites excluding steroid dienone is 2. The first-order valence-electron chi connectivity index (χ1n) is 13.6. The highest BCUT2D eigenvalue weighted by Crippen LogP contribution is 2.38. The second kappa shape index (κ2) is 11.2. The van der Waals surface area contributed by atoms with Crippen LogP contribution in [-0.2, 0) is 20.1 Å². The third-order valence-electron chi connectivity index (χ3n) is 8.24. The summed E-state index contributed by atoms with van der Waals surface area (Å²) in [5, 5.41) is 11.1. The summed E-state index contributed by atoms with van der Waals surface area (Å²) in [5.74, 6) is -0.499. The van der Waals surface area contributed by atoms with Gasteiger partial charge in [-0.15, -0.1) is 13.2 Å². The number of aliphatic hydroxyl groups excluding tert-OH is 1. The lowest BCUT2D eigenvalue weighted by Crippen LogP contribution is -2.42. The number of imidazole rings is 1. The van der Waals surface area contributed by atoms with Crippen LogP contribution in [0.25, 0.3) is 11.2 Å². The number of benzene rings is 1. The Labute approximate surface area is 238 Å². The topological polar surface area (TPSA) is 101 Å². The largest absolute Gasteiger partial charge is 0.573 e. The molecule has 5 rings (SSSR count). The maximum Gasteiger partial charge on any atom is 0.573 e. The molecule has 0 radical (unpaired) electrons. The molecule has 0 saturated heterocycles. The van der Waals surface area contributed by atoms with Gasteiger partial charge in [0.25, 0.3) is 5.56 Å². The molecule has 1 saturated carbocycles. The molecule has 41 heavy (non-hydrogen) atoms. The summed E-state index contributed by atoms with van der Waals surface area (Å²) in [6, 6.07) is 4.96. The van der Waals surface area contributed by atoms with E-state index in [-0.39, 0.29) is 59.7 Å². The number of aromatic nitrogens is 4. The summed E-state index contributed by atoms with van der Waals surface area (Å²) in [6.45, 7) is 4.43. The summed E-state index contributed by atoms with van der Waals surface area (Å²) in [6.07, 6.45) is -0.741. The van der Waals surface area contributed by atoms with E-state index in [1.54, 1.807) is 4.57 Å². The lowest BCUT2D eigenvalue weighted by Gasteiger charge is -2.32. The summed E-state index contributed by atoms with van der Waals surface area (Å²) in [7, 11) is 1.50. The van der Waals surface area contributed by atoms with E-state index in [0.717, 1.165) is 28.2 Å². The number of hydrogen-bond donors (Lipinski definition) is 1. The van der Waals surface area contributed by atoms with Crippen molar-refractivity contribution >= 4 is 22.8 Å². The molecule has 2 aromatic heterocycles. The molecule has 1 aromatic carbocycles. The highest BCUT2D eigenvalue weighted by atomic mass is 35.5. The highest BCUT2D eigenvalue weighted by Gasteiger charge is 2.33. The Hall–Kier alpha value is -3.25. The second-order valence-corrected chi connectivity index (χ2v) is 11.6. The standard InChI is InChI=1S/C28H32ClF3N4O5/c1-15-10-18(29)11-16(2)21(15)14-35-23-24(33-26(35)40-19-7-5-8-20(12-19)41-28(30,31)32)34(3)27(39)36(25(23)38)13-17-6-4-9-22(17)37/h5,7-8,10,12,15-17,21-22,37H,4,6,9,11,13-14H2,1-3H3. The van der Waals surface area contributed by atoms with Gasteiger partial charge >= 0.3 is 18.1 Å². The Bertz CT molecular complexity index is 1590. The van der Waals surface area contributed by atoms with Gasteiger partial charge in [-0.3, -0.25) is 18.5 Å². The Kier molecular flexibility index (Phi) is 7.99. The zero-order valence-electron chi connectivity index (χ0n) is 22.9. The normalized spacial score (nSPS) is 25.0. The summed E-state index contributed by atoms with van der Waals surface area (Å²) in [5.41, 5.74) is -0.918. The first kappa shape index (κ1) is 29.2. The molecular formula is C28H32ClF3N4O5. The molecule has 0 amide bonds. The van der Waals surface area contributed by atoms with E-state index >= 15 is 0 Å². The van der Waals surface area contributed by atoms with Crippen LogP contribution in [0, 0.1) is 23.7 Å². The van der Waals surface area contributed by atoms with Crippen molar-refractivity contribution in [2.75, 3.05) is 0 Å². The van der Waals surface area contributed by atoms with Crippen LogP contribution in [0.15, 0.2) is 45.0 Å². The van der Waals surface area contributed by atoms with Gasteiger partial charge in [0.05, 0.1) is 6.10 Å². The van der Waals surface area contributed by atoms with Gasteiger partial charge in [0.2, 0.25) is 0 Å². The fraction of sp³-hybridized carbons (Fsp3) is 0.536. The molecule has 0 bridgehead atoms. The smallest absolute Gasteiger partial charge is 0.425 e. The zero-order chi connectivity index (χ0) is 29.6. The SMILES string of the molecule is CC1C=C(Cl)CC(C)C1Cn1c(Oc2cccc(OC(F)(F)F)c2)nc2c1c(=O)n(CC1CCCC1O)c(=O)n2C. The molecule has 2 aliphatic carbocycles. The van der Waals surface area contributed by atoms with Crippen molar-refractivity contribution in [1.29, 1.82) is 0 Å². The first-order chi connectivity index (χ1) is 19.3. The Balaban J connectivity index is 1.63. The van der Waals surface area contributed by atoms with Gasteiger partial charge in [-0.2, -0.15) is 4.98 Å². The van der Waals surface area contributed by atoms with Crippen molar-refractivity contribution < 1.29 is 27.8 Å². The van der Waals surface area contributed by atoms with Crippen LogP contribution in [0.2, 0.25) is 0 Å². The number of ether oxygens (including phenoxy) is 2. The Morgan fingerprint density at radius 1 is 1.12 bits per heavy atom. The van der Waals surface area contributed by atoms with Gasteiger partial charge in [0.1, 0.15) is 11.5 Å². The molecular weight excluding hydrogens is 565 g/mol. The summed E-state index contributed by atoms with van der Waals surface area (Å²) >= 11 is 6.34. The molecule has 3 aromatic rings. The van der Waals surface area contributed by atoms with Crippen LogP contribution >= 0.6 is 11.6 Å². The zero-order valence-corrected chi connectivity index (χ0v) is 23.7. The van der Waals surface area contributed by atoms with Crippen LogP contribution in [0.1, 0.15) is 39.5 Å². The summed E-state index contributed by atoms with van der Waals surface area (Å²) in [4.78, 5) is 31.7. The van der Waals surface area contributed by atoms with Gasteiger partial charge in [-0.1, -0.05) is 44.0 Å². The van der Waals surface area contributed by atoms with Gasteiger partial charge in [-0.25, -0.2) is 4.79 Å². The minimum Gasteiger partial charge on any atom is -0.425 e. The molecule has 1 fully saturated rings. The van der Waals surface area contributed by atoms with Gasteiger partial charge in [0.15, 0.2) is 11.2 Å². The summed E-state index contributed by atoms with van der Waals surface area (Å²) < 4.78 is 52.5. The van der Waals surface area contributed by atoms with E-state index in [1.807, 2.05) is 13.0 Å². The number of rotatable bonds is 7. The number of aryl methyl sites for hydroxylation is 1. The molecule has 9 nitrogen and oxygen atoms in total. The fourth-order valence-corrected chi connectivity index (χ4v) is 6.52. The number of hydrogen-bond acceptors (Lipinski definition) is 6. The second-order valence-electron chi connectivity index (χ2n) is 11.1. The molecule has 0 aliphatic heterocycles. The molecule has 5 atom stereocenters. The Morgan fingerprint density at radius 2 is 1.85 bits per heavy atom. The lowest BCUT2D eigenvalue weighted by molar-refractivity contribution is -0.274. The van der Waals surface area contributed by atoms with E-state index in [4.69, 9.17) is 16.3 Å². The fourth-order valence-electron chi connectivity index (χ4n) is 6.08. The van der Waals surface area contributed by atoms with Gasteiger partial charge in [0, 0.05) is 37.2 Å². The average molecular weight is 597 g/mol. The minimum absolute atomic E-state index is 0.00962. The molecule has 13 heteroatoms. The molecule has 2 aliphatic rings. The van der Waals surface area contributed by atoms with Crippen LogP contribution in [0.4, 0.5) is 13.2 Å². The number of alkyl halides is 3. The van der Waals surface area contributed by atoms with E-state index < -0.39 is 29.5 Å². The molecule has 0 spiro atoms. The maximum absolute atomic E-state index is 13.9. The van der Waals surface area contributed by atoms with Crippen LogP contribution in [0.5, 0.6) is 17.5 Å². The van der Waals surface area contributed by atoms with Crippen molar-refractivity contribution in [2.45, 2.75) is 65.1 Å². The van der Waals surface area contributed by atoms with E-state index in [2.05, 4.69) is 16.6 Å². The minimum atomic E-state index is -4.88. The third kappa shape index (κ3) is 6.04. The molecule has 222 valence electrons. The number of nitrogens with zero attached hydrogens (tertiary/aromatic N) is 4. The maximum atomic E-state index is 13.9. The van der Waals surface area contributed by atoms with Crippen LogP contribution < -0.4 is 20.7 Å². The first-order valence-corrected chi connectivity index (χ1v) is 14.0. The average Bonchev–Trinajstić information content (AvgIpc) is 3.44. The molecule has 5 unspecified atom stereocenters. The van der Waals surface area contributed by atoms with E-state index in [1.165, 1.54) is 23.7 Å². The molecule has 1 N–H and O–H groups in total. The number of halogens is 4. The van der Waals surface area contributed by atoms with Crippen molar-refractivity contribution in [3.05, 3.63) is 56.2 Å². The highest BCUT2D eigenvalue weighted by molar-refractivity contribution is 6.29. The van der Waals surface area contributed by atoms with Crippen LogP contribution in [0.3, 0.4) is 0 Å². The van der Waals surface area contributed by atoms with Crippen molar-refractivity contribution in [3.63, 3.8) is 0 Å². The van der Waals surface area contributed by atoms with Crippen LogP contribution in [-0.4, -0.2) is 36.3 Å². The third-order valence-corrected chi connectivity index (χ3v) is 8.52. The quantitative estimate of drug-likeness (QED) is 0.404. The number of aliphatic hydroxyl groups is 1. The molecule has 2 heterocycles. The Morgan fingerprint density at radius 3 is 2.51 bits per heavy atom. The monoisotopic (exact) mass is 596 g/mol. The van der Waals surface area contributed by atoms with E-state index in [0.29, 0.717) is 19.3 Å². The number of fused-ring (bicyclic) bond motifs is 1. The van der Waals surface area contributed by atoms with Gasteiger partial charge < -0.3 is 14.6 Å². The van der Waals surface area contributed by atoms with E-state index in [9.17, 15) is 27.9 Å². The predicted molar refractivity (Wildman–Crippen MR) is 146 cm³/mol. The van der Waals surface area contributed by atoms with Crippen molar-refractivity contribution in [2.24, 2.45) is 30.7 Å². The van der Waals surface area contributed by atoms with Crippen molar-refractivity contribution in [1.82, 2.24) is 18.7 Å². The predicted octanol–water partition coefficient (Wildman–Crippen LogP) is 5.16. The van der Waals surface area contributed by atoms with Crippen molar-refractivity contribution in [3.8, 4) is 17.5 Å².